The van der Waals surface area contributed by atoms with Crippen LogP contribution in [0.4, 0.5) is 5.69 Å². The largest absolute Gasteiger partial charge is 0.478 e. The van der Waals surface area contributed by atoms with Crippen LogP contribution in [0.15, 0.2) is 35.7 Å². The second-order valence-corrected chi connectivity index (χ2v) is 5.55. The van der Waals surface area contributed by atoms with Crippen LogP contribution in [0.5, 0.6) is 0 Å². The van der Waals surface area contributed by atoms with Crippen molar-refractivity contribution in [1.29, 1.82) is 0 Å². The standard InChI is InChI=1S/C10H8ClN3O4S/c11-6-2-1-3-7(9(6)10(15)16)14-19(17,18)8-4-12-5-13-8/h1-5,14H,(H,12,13)(H,15,16). The Morgan fingerprint density at radius 2 is 2.16 bits per heavy atom. The lowest BCUT2D eigenvalue weighted by Crippen LogP contribution is -2.16. The van der Waals surface area contributed by atoms with E-state index in [2.05, 4.69) is 14.7 Å². The maximum absolute atomic E-state index is 11.9. The molecule has 7 nitrogen and oxygen atoms in total. The summed E-state index contributed by atoms with van der Waals surface area (Å²) in [5.74, 6) is -1.33. The Bertz CT molecular complexity index is 712. The van der Waals surface area contributed by atoms with Gasteiger partial charge in [-0.3, -0.25) is 4.72 Å². The van der Waals surface area contributed by atoms with Crippen molar-refractivity contribution in [2.45, 2.75) is 5.03 Å². The summed E-state index contributed by atoms with van der Waals surface area (Å²) in [5, 5.41) is 8.80. The van der Waals surface area contributed by atoms with Crippen LogP contribution >= 0.6 is 11.6 Å². The van der Waals surface area contributed by atoms with Crippen molar-refractivity contribution in [3.05, 3.63) is 41.3 Å². The number of halogens is 1. The molecule has 0 unspecified atom stereocenters. The molecule has 1 aromatic carbocycles. The molecule has 3 N–H and O–H groups in total. The Kier molecular flexibility index (Phi) is 3.45. The van der Waals surface area contributed by atoms with Gasteiger partial charge in [-0.15, -0.1) is 0 Å². The van der Waals surface area contributed by atoms with Crippen LogP contribution in [-0.2, 0) is 10.0 Å². The lowest BCUT2D eigenvalue weighted by atomic mass is 10.2. The Morgan fingerprint density at radius 1 is 1.42 bits per heavy atom. The zero-order valence-corrected chi connectivity index (χ0v) is 10.9. The SMILES string of the molecule is O=C(O)c1c(Cl)cccc1NS(=O)(=O)c1cnc[nH]1. The molecule has 9 heteroatoms. The maximum atomic E-state index is 11.9. The molecule has 0 amide bonds. The van der Waals surface area contributed by atoms with Gasteiger partial charge in [0.05, 0.1) is 23.2 Å². The van der Waals surface area contributed by atoms with Crippen molar-refractivity contribution in [3.8, 4) is 0 Å². The van der Waals surface area contributed by atoms with Gasteiger partial charge in [0.15, 0.2) is 5.03 Å². The molecule has 0 saturated carbocycles. The van der Waals surface area contributed by atoms with Crippen LogP contribution in [0.25, 0.3) is 0 Å². The number of carbonyl (C=O) groups is 1. The van der Waals surface area contributed by atoms with Crippen LogP contribution < -0.4 is 4.72 Å². The highest BCUT2D eigenvalue weighted by molar-refractivity contribution is 7.92. The van der Waals surface area contributed by atoms with E-state index in [0.29, 0.717) is 0 Å². The number of nitrogens with zero attached hydrogens (tertiary/aromatic N) is 1. The number of rotatable bonds is 4. The highest BCUT2D eigenvalue weighted by atomic mass is 35.5. The molecule has 1 heterocycles. The molecule has 19 heavy (non-hydrogen) atoms. The van der Waals surface area contributed by atoms with Crippen molar-refractivity contribution in [3.63, 3.8) is 0 Å². The van der Waals surface area contributed by atoms with Crippen LogP contribution in [0.3, 0.4) is 0 Å². The van der Waals surface area contributed by atoms with Crippen molar-refractivity contribution in [2.24, 2.45) is 0 Å². The zero-order chi connectivity index (χ0) is 14.0. The molecule has 0 bridgehead atoms. The number of sulfonamides is 1. The minimum atomic E-state index is -3.93. The summed E-state index contributed by atoms with van der Waals surface area (Å²) >= 11 is 5.74. The molecule has 0 atom stereocenters. The van der Waals surface area contributed by atoms with Gasteiger partial charge >= 0.3 is 5.97 Å². The molecule has 2 rings (SSSR count). The average molecular weight is 302 g/mol. The number of aromatic amines is 1. The summed E-state index contributed by atoms with van der Waals surface area (Å²) in [7, 11) is -3.93. The number of hydrogen-bond acceptors (Lipinski definition) is 4. The molecular formula is C10H8ClN3O4S. The zero-order valence-electron chi connectivity index (χ0n) is 9.29. The van der Waals surface area contributed by atoms with E-state index in [1.807, 2.05) is 0 Å². The second-order valence-electron chi connectivity index (χ2n) is 3.49. The predicted molar refractivity (Wildman–Crippen MR) is 67.8 cm³/mol. The van der Waals surface area contributed by atoms with Crippen LogP contribution in [0.2, 0.25) is 5.02 Å². The summed E-state index contributed by atoms with van der Waals surface area (Å²) in [6.07, 6.45) is 2.30. The van der Waals surface area contributed by atoms with E-state index in [1.54, 1.807) is 0 Å². The van der Waals surface area contributed by atoms with Gasteiger partial charge in [-0.2, -0.15) is 8.42 Å². The number of anilines is 1. The molecule has 1 aromatic heterocycles. The van der Waals surface area contributed by atoms with E-state index in [1.165, 1.54) is 24.5 Å². The van der Waals surface area contributed by atoms with E-state index in [-0.39, 0.29) is 21.3 Å². The summed E-state index contributed by atoms with van der Waals surface area (Å²) in [5.41, 5.74) is -0.429. The van der Waals surface area contributed by atoms with Crippen molar-refractivity contribution < 1.29 is 18.3 Å². The average Bonchev–Trinajstić information content (AvgIpc) is 2.81. The fraction of sp³-hybridized carbons (Fsp3) is 0. The number of aromatic nitrogens is 2. The topological polar surface area (TPSA) is 112 Å². The van der Waals surface area contributed by atoms with Gasteiger partial charge in [-0.1, -0.05) is 17.7 Å². The number of carboxylic acids is 1. The first-order valence-corrected chi connectivity index (χ1v) is 6.81. The van der Waals surface area contributed by atoms with E-state index in [0.717, 1.165) is 6.20 Å². The van der Waals surface area contributed by atoms with E-state index in [4.69, 9.17) is 16.7 Å². The second kappa shape index (κ2) is 4.90. The number of H-pyrrole nitrogens is 1. The minimum Gasteiger partial charge on any atom is -0.478 e. The van der Waals surface area contributed by atoms with Crippen LogP contribution in [0.1, 0.15) is 10.4 Å². The Morgan fingerprint density at radius 3 is 2.74 bits per heavy atom. The summed E-state index contributed by atoms with van der Waals surface area (Å²) in [6, 6.07) is 4.11. The first-order chi connectivity index (χ1) is 8.92. The first kappa shape index (κ1) is 13.4. The number of imidazole rings is 1. The number of carboxylic acid groups (broad SMARTS) is 1. The van der Waals surface area contributed by atoms with Gasteiger partial charge in [0.1, 0.15) is 5.56 Å². The normalized spacial score (nSPS) is 11.2. The fourth-order valence-corrected chi connectivity index (χ4v) is 2.65. The number of benzene rings is 1. The maximum Gasteiger partial charge on any atom is 0.339 e. The molecule has 0 aliphatic rings. The lowest BCUT2D eigenvalue weighted by Gasteiger charge is -2.10. The first-order valence-electron chi connectivity index (χ1n) is 4.95. The Hall–Kier alpha value is -2.06. The minimum absolute atomic E-state index is 0.0580. The quantitative estimate of drug-likeness (QED) is 0.793. The van der Waals surface area contributed by atoms with Crippen molar-refractivity contribution in [2.75, 3.05) is 4.72 Å². The third-order valence-electron chi connectivity index (χ3n) is 2.23. The molecule has 100 valence electrons. The van der Waals surface area contributed by atoms with E-state index in [9.17, 15) is 13.2 Å². The summed E-state index contributed by atoms with van der Waals surface area (Å²) < 4.78 is 26.0. The number of hydrogen-bond donors (Lipinski definition) is 3. The van der Waals surface area contributed by atoms with E-state index < -0.39 is 16.0 Å². The third-order valence-corrected chi connectivity index (χ3v) is 3.84. The van der Waals surface area contributed by atoms with E-state index >= 15 is 0 Å². The Balaban J connectivity index is 2.45. The Labute approximate surface area is 113 Å². The predicted octanol–water partition coefficient (Wildman–Crippen LogP) is 1.56. The highest BCUT2D eigenvalue weighted by Crippen LogP contribution is 2.26. The molecule has 0 aliphatic heterocycles. The molecule has 0 fully saturated rings. The molecular weight excluding hydrogens is 294 g/mol. The molecule has 0 spiro atoms. The monoisotopic (exact) mass is 301 g/mol. The molecule has 0 aliphatic carbocycles. The smallest absolute Gasteiger partial charge is 0.339 e. The van der Waals surface area contributed by atoms with Crippen molar-refractivity contribution >= 4 is 33.3 Å². The number of nitrogens with one attached hydrogen (secondary N) is 2. The van der Waals surface area contributed by atoms with Crippen molar-refractivity contribution in [1.82, 2.24) is 9.97 Å². The third kappa shape index (κ3) is 2.69. The molecule has 0 radical (unpaired) electrons. The molecule has 0 saturated heterocycles. The van der Waals surface area contributed by atoms with Gasteiger partial charge in [0, 0.05) is 0 Å². The van der Waals surface area contributed by atoms with Gasteiger partial charge in [-0.25, -0.2) is 9.78 Å². The highest BCUT2D eigenvalue weighted by Gasteiger charge is 2.21. The van der Waals surface area contributed by atoms with Gasteiger partial charge in [0.2, 0.25) is 0 Å². The lowest BCUT2D eigenvalue weighted by molar-refractivity contribution is 0.0698. The summed E-state index contributed by atoms with van der Waals surface area (Å²) in [4.78, 5) is 17.1. The van der Waals surface area contributed by atoms with Gasteiger partial charge in [0.25, 0.3) is 10.0 Å². The van der Waals surface area contributed by atoms with Gasteiger partial charge < -0.3 is 10.1 Å². The van der Waals surface area contributed by atoms with Crippen LogP contribution in [-0.4, -0.2) is 29.5 Å². The number of aromatic carboxylic acids is 1. The molecule has 2 aromatic rings. The summed E-state index contributed by atoms with van der Waals surface area (Å²) in [6.45, 7) is 0. The van der Waals surface area contributed by atoms with Gasteiger partial charge in [-0.05, 0) is 12.1 Å². The fourth-order valence-electron chi connectivity index (χ4n) is 1.42. The van der Waals surface area contributed by atoms with Crippen LogP contribution in [0, 0.1) is 0 Å².